The van der Waals surface area contributed by atoms with Gasteiger partial charge in [0.1, 0.15) is 28.9 Å². The molecular weight excluding hydrogens is 351 g/mol. The van der Waals surface area contributed by atoms with Crippen molar-refractivity contribution >= 4 is 11.3 Å². The van der Waals surface area contributed by atoms with Gasteiger partial charge in [0.25, 0.3) is 0 Å². The van der Waals surface area contributed by atoms with E-state index in [-0.39, 0.29) is 19.0 Å². The molecule has 26 heavy (non-hydrogen) atoms. The molecule has 2 aromatic carbocycles. The van der Waals surface area contributed by atoms with Gasteiger partial charge >= 0.3 is 0 Å². The zero-order valence-electron chi connectivity index (χ0n) is 14.3. The molecule has 0 aliphatic rings. The van der Waals surface area contributed by atoms with Gasteiger partial charge in [0.05, 0.1) is 12.8 Å². The Morgan fingerprint density at radius 1 is 1.08 bits per heavy atom. The van der Waals surface area contributed by atoms with Crippen molar-refractivity contribution in [2.75, 3.05) is 20.3 Å². The molecule has 134 valence electrons. The van der Waals surface area contributed by atoms with E-state index in [1.165, 1.54) is 6.08 Å². The minimum atomic E-state index is -0.374. The van der Waals surface area contributed by atoms with Crippen LogP contribution in [0.15, 0.2) is 65.8 Å². The van der Waals surface area contributed by atoms with Gasteiger partial charge in [-0.1, -0.05) is 0 Å². The number of halogens is 1. The van der Waals surface area contributed by atoms with E-state index in [2.05, 4.69) is 4.98 Å². The average molecular weight is 370 g/mol. The molecule has 0 spiro atoms. The number of hydrogen-bond donors (Lipinski definition) is 1. The van der Waals surface area contributed by atoms with Gasteiger partial charge in [-0.3, -0.25) is 0 Å². The summed E-state index contributed by atoms with van der Waals surface area (Å²) in [7, 11) is 1.65. The van der Waals surface area contributed by atoms with Crippen molar-refractivity contribution < 1.29 is 13.9 Å². The van der Waals surface area contributed by atoms with Crippen molar-refractivity contribution in [3.8, 4) is 33.3 Å². The van der Waals surface area contributed by atoms with Crippen molar-refractivity contribution in [2.24, 2.45) is 5.73 Å². The summed E-state index contributed by atoms with van der Waals surface area (Å²) >= 11 is 1.57. The lowest BCUT2D eigenvalue weighted by Gasteiger charge is -2.05. The highest BCUT2D eigenvalue weighted by Crippen LogP contribution is 2.30. The number of nitrogens with zero attached hydrogens (tertiary/aromatic N) is 1. The van der Waals surface area contributed by atoms with E-state index in [1.54, 1.807) is 30.6 Å². The minimum absolute atomic E-state index is 0.116. The molecule has 3 rings (SSSR count). The van der Waals surface area contributed by atoms with Gasteiger partial charge in [-0.05, 0) is 54.6 Å². The highest BCUT2D eigenvalue weighted by molar-refractivity contribution is 7.13. The topological polar surface area (TPSA) is 57.4 Å². The van der Waals surface area contributed by atoms with Crippen LogP contribution in [0.3, 0.4) is 0 Å². The first-order valence-corrected chi connectivity index (χ1v) is 8.95. The van der Waals surface area contributed by atoms with Crippen LogP contribution in [0.4, 0.5) is 4.39 Å². The fourth-order valence-electron chi connectivity index (χ4n) is 2.33. The SMILES string of the molecule is COc1ccc(-c2csc(-c3ccc(OC/C(F)=C/CN)cc3)n2)cc1. The van der Waals surface area contributed by atoms with E-state index in [0.29, 0.717) is 5.75 Å². The van der Waals surface area contributed by atoms with Crippen LogP contribution < -0.4 is 15.2 Å². The van der Waals surface area contributed by atoms with Gasteiger partial charge in [0, 0.05) is 23.1 Å². The maximum absolute atomic E-state index is 13.3. The minimum Gasteiger partial charge on any atom is -0.497 e. The Balaban J connectivity index is 1.69. The monoisotopic (exact) mass is 370 g/mol. The molecule has 0 fully saturated rings. The first kappa shape index (κ1) is 18.1. The van der Waals surface area contributed by atoms with Crippen LogP contribution in [0.1, 0.15) is 0 Å². The number of rotatable bonds is 7. The van der Waals surface area contributed by atoms with Crippen LogP contribution in [-0.4, -0.2) is 25.2 Å². The van der Waals surface area contributed by atoms with Gasteiger partial charge < -0.3 is 15.2 Å². The average Bonchev–Trinajstić information content (AvgIpc) is 3.17. The molecular formula is C20H19FN2O2S. The Kier molecular flexibility index (Phi) is 5.99. The molecule has 0 aliphatic heterocycles. The zero-order chi connectivity index (χ0) is 18.4. The molecule has 0 atom stereocenters. The molecule has 1 heterocycles. The highest BCUT2D eigenvalue weighted by atomic mass is 32.1. The zero-order valence-corrected chi connectivity index (χ0v) is 15.1. The van der Waals surface area contributed by atoms with Crippen molar-refractivity contribution in [3.05, 3.63) is 65.8 Å². The highest BCUT2D eigenvalue weighted by Gasteiger charge is 2.07. The third-order valence-electron chi connectivity index (χ3n) is 3.71. The first-order chi connectivity index (χ1) is 12.7. The number of hydrogen-bond acceptors (Lipinski definition) is 5. The molecule has 1 aromatic heterocycles. The molecule has 0 bridgehead atoms. The molecule has 0 radical (unpaired) electrons. The first-order valence-electron chi connectivity index (χ1n) is 8.07. The van der Waals surface area contributed by atoms with Gasteiger partial charge in [-0.2, -0.15) is 0 Å². The Bertz CT molecular complexity index is 874. The number of benzene rings is 2. The van der Waals surface area contributed by atoms with Crippen LogP contribution in [0, 0.1) is 0 Å². The Labute approximate surface area is 155 Å². The van der Waals surface area contributed by atoms with Crippen molar-refractivity contribution in [3.63, 3.8) is 0 Å². The summed E-state index contributed by atoms with van der Waals surface area (Å²) in [5.41, 5.74) is 8.20. The summed E-state index contributed by atoms with van der Waals surface area (Å²) in [6.07, 6.45) is 1.30. The molecule has 0 aliphatic carbocycles. The smallest absolute Gasteiger partial charge is 0.139 e. The fraction of sp³-hybridized carbons (Fsp3) is 0.150. The normalized spacial score (nSPS) is 11.4. The number of methoxy groups -OCH3 is 1. The van der Waals surface area contributed by atoms with E-state index < -0.39 is 0 Å². The van der Waals surface area contributed by atoms with E-state index in [0.717, 1.165) is 27.6 Å². The van der Waals surface area contributed by atoms with E-state index in [1.807, 2.05) is 41.8 Å². The molecule has 0 saturated carbocycles. The maximum Gasteiger partial charge on any atom is 0.139 e. The number of thiazole rings is 1. The van der Waals surface area contributed by atoms with Crippen molar-refractivity contribution in [2.45, 2.75) is 0 Å². The third-order valence-corrected chi connectivity index (χ3v) is 4.60. The molecule has 0 saturated heterocycles. The predicted molar refractivity (Wildman–Crippen MR) is 103 cm³/mol. The quantitative estimate of drug-likeness (QED) is 0.656. The summed E-state index contributed by atoms with van der Waals surface area (Å²) in [5.74, 6) is 1.04. The lowest BCUT2D eigenvalue weighted by molar-refractivity contribution is 0.318. The second kappa shape index (κ2) is 8.60. The molecule has 2 N–H and O–H groups in total. The lowest BCUT2D eigenvalue weighted by atomic mass is 10.1. The van der Waals surface area contributed by atoms with E-state index in [9.17, 15) is 4.39 Å². The Hall–Kier alpha value is -2.70. The molecule has 6 heteroatoms. The largest absolute Gasteiger partial charge is 0.497 e. The standard InChI is InChI=1S/C20H19FN2O2S/c1-24-17-6-2-14(3-7-17)19-13-26-20(23-19)15-4-8-18(9-5-15)25-12-16(21)10-11-22/h2-10,13H,11-12,22H2,1H3/b16-10-. The molecule has 3 aromatic rings. The number of aromatic nitrogens is 1. The van der Waals surface area contributed by atoms with E-state index in [4.69, 9.17) is 15.2 Å². The van der Waals surface area contributed by atoms with Crippen LogP contribution in [0.2, 0.25) is 0 Å². The second-order valence-electron chi connectivity index (χ2n) is 5.47. The van der Waals surface area contributed by atoms with Gasteiger partial charge in [-0.25, -0.2) is 9.37 Å². The van der Waals surface area contributed by atoms with Gasteiger partial charge in [0.15, 0.2) is 0 Å². The Morgan fingerprint density at radius 3 is 2.38 bits per heavy atom. The number of nitrogens with two attached hydrogens (primary N) is 1. The van der Waals surface area contributed by atoms with Crippen LogP contribution in [-0.2, 0) is 0 Å². The third kappa shape index (κ3) is 4.47. The van der Waals surface area contributed by atoms with Crippen LogP contribution in [0.5, 0.6) is 11.5 Å². The lowest BCUT2D eigenvalue weighted by Crippen LogP contribution is -2.01. The summed E-state index contributed by atoms with van der Waals surface area (Å²) in [5, 5.41) is 2.94. The molecule has 0 unspecified atom stereocenters. The van der Waals surface area contributed by atoms with Crippen molar-refractivity contribution in [1.82, 2.24) is 4.98 Å². The van der Waals surface area contributed by atoms with Gasteiger partial charge in [0.2, 0.25) is 0 Å². The van der Waals surface area contributed by atoms with Crippen LogP contribution >= 0.6 is 11.3 Å². The van der Waals surface area contributed by atoms with Gasteiger partial charge in [-0.15, -0.1) is 11.3 Å². The summed E-state index contributed by atoms with van der Waals surface area (Å²) in [4.78, 5) is 4.69. The predicted octanol–water partition coefficient (Wildman–Crippen LogP) is 4.68. The summed E-state index contributed by atoms with van der Waals surface area (Å²) in [6, 6.07) is 15.2. The second-order valence-corrected chi connectivity index (χ2v) is 6.32. The number of ether oxygens (including phenoxy) is 2. The van der Waals surface area contributed by atoms with Crippen LogP contribution in [0.25, 0.3) is 21.8 Å². The molecule has 0 amide bonds. The fourth-order valence-corrected chi connectivity index (χ4v) is 3.17. The van der Waals surface area contributed by atoms with Crippen molar-refractivity contribution in [1.29, 1.82) is 0 Å². The Morgan fingerprint density at radius 2 is 1.73 bits per heavy atom. The summed E-state index contributed by atoms with van der Waals surface area (Å²) in [6.45, 7) is 0.0458. The molecule has 4 nitrogen and oxygen atoms in total. The summed E-state index contributed by atoms with van der Waals surface area (Å²) < 4.78 is 23.8. The van der Waals surface area contributed by atoms with E-state index >= 15 is 0 Å². The maximum atomic E-state index is 13.3.